The largest absolute Gasteiger partial charge is 0.493 e. The van der Waals surface area contributed by atoms with E-state index in [1.54, 1.807) is 19.9 Å². The van der Waals surface area contributed by atoms with Crippen LogP contribution in [-0.2, 0) is 20.7 Å². The molecule has 1 aliphatic heterocycles. The van der Waals surface area contributed by atoms with Crippen LogP contribution in [0.2, 0.25) is 0 Å². The SMILES string of the molecule is CCOC(=O)CC/C=C/c1c(OCC)cccc1[C@@H](C)OC[C@H](O)CN1CCC[C@H]1Cc1ccc(C)c(F)c1. The molecule has 1 fully saturated rings. The minimum absolute atomic E-state index is 0.166. The number of aryl methyl sites for hydroxylation is 1. The molecule has 2 aromatic rings. The molecule has 0 amide bonds. The summed E-state index contributed by atoms with van der Waals surface area (Å²) in [7, 11) is 0. The molecule has 2 aromatic carbocycles. The highest BCUT2D eigenvalue weighted by atomic mass is 19.1. The zero-order chi connectivity index (χ0) is 28.2. The lowest BCUT2D eigenvalue weighted by molar-refractivity contribution is -0.143. The molecule has 39 heavy (non-hydrogen) atoms. The minimum atomic E-state index is -0.638. The van der Waals surface area contributed by atoms with E-state index in [0.717, 1.165) is 48.2 Å². The first-order valence-corrected chi connectivity index (χ1v) is 14.2. The van der Waals surface area contributed by atoms with E-state index in [2.05, 4.69) is 4.90 Å². The number of likely N-dealkylation sites (tertiary alicyclic amines) is 1. The van der Waals surface area contributed by atoms with Crippen LogP contribution < -0.4 is 4.74 Å². The second-order valence-electron chi connectivity index (χ2n) is 10.1. The number of hydrogen-bond donors (Lipinski definition) is 1. The number of aliphatic hydroxyl groups excluding tert-OH is 1. The monoisotopic (exact) mass is 541 g/mol. The first-order valence-electron chi connectivity index (χ1n) is 14.2. The summed E-state index contributed by atoms with van der Waals surface area (Å²) in [6.45, 7) is 10.0. The third kappa shape index (κ3) is 9.45. The maximum atomic E-state index is 14.0. The molecule has 0 saturated carbocycles. The number of benzene rings is 2. The quantitative estimate of drug-likeness (QED) is 0.278. The Balaban J connectivity index is 1.58. The first-order chi connectivity index (χ1) is 18.8. The van der Waals surface area contributed by atoms with Gasteiger partial charge in [-0.25, -0.2) is 4.39 Å². The third-order valence-electron chi connectivity index (χ3n) is 7.13. The van der Waals surface area contributed by atoms with Gasteiger partial charge in [-0.15, -0.1) is 0 Å². The predicted molar refractivity (Wildman–Crippen MR) is 152 cm³/mol. The van der Waals surface area contributed by atoms with Gasteiger partial charge >= 0.3 is 5.97 Å². The zero-order valence-electron chi connectivity index (χ0n) is 23.8. The van der Waals surface area contributed by atoms with Crippen molar-refractivity contribution in [1.29, 1.82) is 0 Å². The number of carbonyl (C=O) groups is 1. The molecule has 3 rings (SSSR count). The molecule has 0 aliphatic carbocycles. The van der Waals surface area contributed by atoms with Crippen LogP contribution in [0.5, 0.6) is 5.75 Å². The lowest BCUT2D eigenvalue weighted by atomic mass is 10.0. The molecular weight excluding hydrogens is 497 g/mol. The van der Waals surface area contributed by atoms with Crippen molar-refractivity contribution in [3.05, 3.63) is 70.5 Å². The van der Waals surface area contributed by atoms with Crippen molar-refractivity contribution >= 4 is 12.0 Å². The van der Waals surface area contributed by atoms with E-state index in [-0.39, 0.29) is 30.5 Å². The van der Waals surface area contributed by atoms with Crippen molar-refractivity contribution in [2.24, 2.45) is 0 Å². The van der Waals surface area contributed by atoms with Gasteiger partial charge in [0.1, 0.15) is 11.6 Å². The van der Waals surface area contributed by atoms with E-state index in [0.29, 0.717) is 38.2 Å². The van der Waals surface area contributed by atoms with Gasteiger partial charge in [0.15, 0.2) is 0 Å². The summed E-state index contributed by atoms with van der Waals surface area (Å²) in [6.07, 6.45) is 6.79. The van der Waals surface area contributed by atoms with E-state index >= 15 is 0 Å². The van der Waals surface area contributed by atoms with Crippen molar-refractivity contribution in [3.63, 3.8) is 0 Å². The van der Waals surface area contributed by atoms with E-state index in [1.165, 1.54) is 0 Å². The molecule has 6 nitrogen and oxygen atoms in total. The Kier molecular flexibility index (Phi) is 12.4. The molecule has 0 spiro atoms. The van der Waals surface area contributed by atoms with Crippen LogP contribution in [0.3, 0.4) is 0 Å². The number of esters is 1. The Morgan fingerprint density at radius 2 is 2.05 bits per heavy atom. The summed E-state index contributed by atoms with van der Waals surface area (Å²) in [6, 6.07) is 11.6. The molecule has 1 aliphatic rings. The van der Waals surface area contributed by atoms with Crippen LogP contribution in [0.15, 0.2) is 42.5 Å². The minimum Gasteiger partial charge on any atom is -0.493 e. The molecule has 0 bridgehead atoms. The molecule has 0 radical (unpaired) electrons. The Morgan fingerprint density at radius 1 is 1.23 bits per heavy atom. The predicted octanol–water partition coefficient (Wildman–Crippen LogP) is 6.03. The fraction of sp³-hybridized carbons (Fsp3) is 0.531. The highest BCUT2D eigenvalue weighted by molar-refractivity contribution is 5.70. The molecule has 3 atom stereocenters. The number of carbonyl (C=O) groups excluding carboxylic acids is 1. The first kappa shape index (κ1) is 30.8. The van der Waals surface area contributed by atoms with E-state index < -0.39 is 6.10 Å². The third-order valence-corrected chi connectivity index (χ3v) is 7.13. The summed E-state index contributed by atoms with van der Waals surface area (Å²) in [5.41, 5.74) is 3.52. The van der Waals surface area contributed by atoms with Crippen molar-refractivity contribution in [2.45, 2.75) is 78.0 Å². The molecule has 1 N–H and O–H groups in total. The van der Waals surface area contributed by atoms with Gasteiger partial charge in [0.25, 0.3) is 0 Å². The Labute approximate surface area is 232 Å². The molecule has 214 valence electrons. The number of ether oxygens (including phenoxy) is 3. The number of halogens is 1. The van der Waals surface area contributed by atoms with Gasteiger partial charge in [0, 0.05) is 24.6 Å². The normalized spacial score (nSPS) is 17.4. The standard InChI is InChI=1S/C32H44FNO5/c1-5-37-31-14-9-13-28(29(31)12-7-8-15-32(36)38-6-2)24(4)39-22-27(35)21-34-18-10-11-26(34)19-25-17-16-23(3)30(33)20-25/h7,9,12-14,16-17,20,24,26-27,35H,5-6,8,10-11,15,18-19,21-22H2,1-4H3/b12-7+/t24-,26+,27-/m1/s1. The Morgan fingerprint density at radius 3 is 2.79 bits per heavy atom. The van der Waals surface area contributed by atoms with E-state index in [4.69, 9.17) is 14.2 Å². The zero-order valence-corrected chi connectivity index (χ0v) is 23.8. The summed E-state index contributed by atoms with van der Waals surface area (Å²) < 4.78 is 31.0. The summed E-state index contributed by atoms with van der Waals surface area (Å²) in [5, 5.41) is 10.8. The second-order valence-corrected chi connectivity index (χ2v) is 10.1. The second kappa shape index (κ2) is 15.8. The van der Waals surface area contributed by atoms with Gasteiger partial charge in [-0.3, -0.25) is 9.69 Å². The molecule has 0 aromatic heterocycles. The van der Waals surface area contributed by atoms with Gasteiger partial charge in [-0.05, 0) is 88.7 Å². The average Bonchev–Trinajstić information content (AvgIpc) is 3.34. The lowest BCUT2D eigenvalue weighted by Gasteiger charge is -2.28. The Hall–Kier alpha value is -2.74. The number of allylic oxidation sites excluding steroid dienone is 1. The highest BCUT2D eigenvalue weighted by Crippen LogP contribution is 2.31. The number of β-amino-alcohol motifs (C(OH)–C–C–N with tert-alkyl or cyclic N) is 1. The molecule has 7 heteroatoms. The number of nitrogens with zero attached hydrogens (tertiary/aromatic N) is 1. The summed E-state index contributed by atoms with van der Waals surface area (Å²) in [4.78, 5) is 14.0. The Bertz CT molecular complexity index is 1090. The van der Waals surface area contributed by atoms with E-state index in [9.17, 15) is 14.3 Å². The van der Waals surface area contributed by atoms with Gasteiger partial charge in [0.05, 0.1) is 32.0 Å². The fourth-order valence-corrected chi connectivity index (χ4v) is 5.08. The lowest BCUT2D eigenvalue weighted by Crippen LogP contribution is -2.39. The molecule has 0 unspecified atom stereocenters. The maximum Gasteiger partial charge on any atom is 0.306 e. The van der Waals surface area contributed by atoms with Crippen LogP contribution in [-0.4, -0.2) is 61.0 Å². The fourth-order valence-electron chi connectivity index (χ4n) is 5.08. The van der Waals surface area contributed by atoms with Crippen LogP contribution in [0.4, 0.5) is 4.39 Å². The molecule has 1 saturated heterocycles. The van der Waals surface area contributed by atoms with Gasteiger partial charge < -0.3 is 19.3 Å². The van der Waals surface area contributed by atoms with Gasteiger partial charge in [-0.1, -0.05) is 36.4 Å². The maximum absolute atomic E-state index is 14.0. The average molecular weight is 542 g/mol. The van der Waals surface area contributed by atoms with E-state index in [1.807, 2.05) is 56.3 Å². The van der Waals surface area contributed by atoms with Crippen molar-refractivity contribution in [2.75, 3.05) is 32.9 Å². The van der Waals surface area contributed by atoms with Crippen LogP contribution in [0, 0.1) is 12.7 Å². The van der Waals surface area contributed by atoms with Crippen molar-refractivity contribution in [1.82, 2.24) is 4.90 Å². The topological polar surface area (TPSA) is 68.2 Å². The summed E-state index contributed by atoms with van der Waals surface area (Å²) >= 11 is 0. The number of rotatable bonds is 15. The molecule has 1 heterocycles. The van der Waals surface area contributed by atoms with Gasteiger partial charge in [-0.2, -0.15) is 0 Å². The molecular formula is C32H44FNO5. The van der Waals surface area contributed by atoms with Crippen molar-refractivity contribution < 1.29 is 28.5 Å². The number of aliphatic hydroxyl groups is 1. The van der Waals surface area contributed by atoms with Crippen LogP contribution >= 0.6 is 0 Å². The summed E-state index contributed by atoms with van der Waals surface area (Å²) in [5.74, 6) is 0.379. The van der Waals surface area contributed by atoms with Crippen LogP contribution in [0.1, 0.15) is 74.8 Å². The smallest absolute Gasteiger partial charge is 0.306 e. The van der Waals surface area contributed by atoms with Gasteiger partial charge in [0.2, 0.25) is 0 Å². The highest BCUT2D eigenvalue weighted by Gasteiger charge is 2.27. The number of hydrogen-bond acceptors (Lipinski definition) is 6. The van der Waals surface area contributed by atoms with Crippen molar-refractivity contribution in [3.8, 4) is 5.75 Å². The van der Waals surface area contributed by atoms with Crippen LogP contribution in [0.25, 0.3) is 6.08 Å².